The number of hydrogen-bond acceptors (Lipinski definition) is 6. The van der Waals surface area contributed by atoms with E-state index in [4.69, 9.17) is 10.2 Å². The number of carbonyl (C=O) groups is 1. The number of hydrogen-bond donors (Lipinski definition) is 0. The van der Waals surface area contributed by atoms with E-state index < -0.39 is 4.99 Å². The number of anilines is 2. The average Bonchev–Trinajstić information content (AvgIpc) is 3.35. The summed E-state index contributed by atoms with van der Waals surface area (Å²) in [6.45, 7) is 2.12. The maximum Gasteiger partial charge on any atom is 0.234 e. The summed E-state index contributed by atoms with van der Waals surface area (Å²) in [7, 11) is 0. The Labute approximate surface area is 228 Å². The molecule has 5 nitrogen and oxygen atoms in total. The quantitative estimate of drug-likeness (QED) is 0.233. The molecule has 0 amide bonds. The summed E-state index contributed by atoms with van der Waals surface area (Å²) in [6, 6.07) is 35.7. The van der Waals surface area contributed by atoms with Crippen molar-refractivity contribution in [2.45, 2.75) is 18.3 Å². The molecule has 0 N–H and O–H groups in total. The zero-order valence-corrected chi connectivity index (χ0v) is 22.5. The fourth-order valence-electron chi connectivity index (χ4n) is 4.72. The van der Waals surface area contributed by atoms with Gasteiger partial charge in [0, 0.05) is 21.2 Å². The molecule has 0 aliphatic carbocycles. The van der Waals surface area contributed by atoms with Gasteiger partial charge < -0.3 is 0 Å². The molecule has 4 aromatic rings. The number of para-hydroxylation sites is 1. The Kier molecular flexibility index (Phi) is 6.18. The van der Waals surface area contributed by atoms with Gasteiger partial charge in [0.15, 0.2) is 5.04 Å². The maximum absolute atomic E-state index is 13.7. The van der Waals surface area contributed by atoms with Crippen LogP contribution in [0.5, 0.6) is 0 Å². The first-order valence-electron chi connectivity index (χ1n) is 12.1. The normalized spacial score (nSPS) is 18.4. The Balaban J connectivity index is 1.61. The standard InChI is InChI=1S/C30H23BrN4OS/c1-2-27-25-15-9-10-16-26(25)30(34(32-27)23-13-7-4-8-14-23)35(24-19-17-22(31)18-20-24)33-29(37-30)28(36)21-11-5-3-6-12-21/h3-20H,2H2,1H3/t30-/m1/s1. The summed E-state index contributed by atoms with van der Waals surface area (Å²) in [5.74, 6) is -0.111. The van der Waals surface area contributed by atoms with Gasteiger partial charge in [-0.15, -0.1) is 0 Å². The second-order valence-electron chi connectivity index (χ2n) is 8.69. The molecule has 2 heterocycles. The van der Waals surface area contributed by atoms with Crippen LogP contribution in [0.25, 0.3) is 0 Å². The van der Waals surface area contributed by atoms with Crippen LogP contribution in [0, 0.1) is 0 Å². The minimum absolute atomic E-state index is 0.111. The fraction of sp³-hybridized carbons (Fsp3) is 0.100. The molecule has 6 rings (SSSR count). The van der Waals surface area contributed by atoms with Gasteiger partial charge in [-0.2, -0.15) is 10.2 Å². The topological polar surface area (TPSA) is 48.3 Å². The van der Waals surface area contributed by atoms with E-state index in [0.717, 1.165) is 39.1 Å². The second kappa shape index (κ2) is 9.65. The van der Waals surface area contributed by atoms with Crippen LogP contribution in [0.2, 0.25) is 0 Å². The van der Waals surface area contributed by atoms with Gasteiger partial charge >= 0.3 is 0 Å². The van der Waals surface area contributed by atoms with E-state index in [1.165, 1.54) is 11.8 Å². The molecule has 37 heavy (non-hydrogen) atoms. The van der Waals surface area contributed by atoms with Crippen molar-refractivity contribution in [2.24, 2.45) is 10.2 Å². The number of hydrazone groups is 2. The molecule has 0 aromatic heterocycles. The summed E-state index contributed by atoms with van der Waals surface area (Å²) in [6.07, 6.45) is 0.774. The van der Waals surface area contributed by atoms with Crippen LogP contribution in [0.1, 0.15) is 34.8 Å². The Morgan fingerprint density at radius 1 is 0.784 bits per heavy atom. The minimum atomic E-state index is -0.940. The van der Waals surface area contributed by atoms with Crippen molar-refractivity contribution in [3.8, 4) is 0 Å². The molecular formula is C30H23BrN4OS. The van der Waals surface area contributed by atoms with Crippen molar-refractivity contribution in [2.75, 3.05) is 10.0 Å². The highest BCUT2D eigenvalue weighted by molar-refractivity contribution is 9.10. The van der Waals surface area contributed by atoms with E-state index in [9.17, 15) is 4.79 Å². The zero-order chi connectivity index (χ0) is 25.4. The van der Waals surface area contributed by atoms with Crippen molar-refractivity contribution >= 4 is 55.6 Å². The fourth-order valence-corrected chi connectivity index (χ4v) is 6.34. The Hall–Kier alpha value is -3.68. The predicted molar refractivity (Wildman–Crippen MR) is 156 cm³/mol. The molecule has 0 saturated heterocycles. The van der Waals surface area contributed by atoms with Gasteiger partial charge in [0.05, 0.1) is 17.1 Å². The van der Waals surface area contributed by atoms with E-state index in [0.29, 0.717) is 10.6 Å². The molecule has 4 aromatic carbocycles. The molecular weight excluding hydrogens is 544 g/mol. The molecule has 0 radical (unpaired) electrons. The molecule has 0 bridgehead atoms. The second-order valence-corrected chi connectivity index (χ2v) is 10.8. The summed E-state index contributed by atoms with van der Waals surface area (Å²) in [5.41, 5.74) is 5.48. The molecule has 0 unspecified atom stereocenters. The lowest BCUT2D eigenvalue weighted by Crippen LogP contribution is -2.53. The van der Waals surface area contributed by atoms with Gasteiger partial charge in [-0.3, -0.25) is 4.79 Å². The Morgan fingerprint density at radius 3 is 2.08 bits per heavy atom. The average molecular weight is 568 g/mol. The highest BCUT2D eigenvalue weighted by atomic mass is 79.9. The number of thioether (sulfide) groups is 1. The van der Waals surface area contributed by atoms with Crippen LogP contribution in [0.4, 0.5) is 11.4 Å². The van der Waals surface area contributed by atoms with Crippen LogP contribution >= 0.6 is 27.7 Å². The van der Waals surface area contributed by atoms with Gasteiger partial charge in [-0.05, 0) is 54.6 Å². The van der Waals surface area contributed by atoms with Crippen molar-refractivity contribution in [1.29, 1.82) is 0 Å². The monoisotopic (exact) mass is 566 g/mol. The first kappa shape index (κ1) is 23.7. The number of rotatable bonds is 5. The van der Waals surface area contributed by atoms with Gasteiger partial charge in [-0.25, -0.2) is 10.0 Å². The molecule has 2 aliphatic rings. The van der Waals surface area contributed by atoms with Crippen LogP contribution in [0.3, 0.4) is 0 Å². The van der Waals surface area contributed by atoms with Crippen molar-refractivity contribution in [3.05, 3.63) is 130 Å². The number of ketones is 1. The van der Waals surface area contributed by atoms with Crippen LogP contribution < -0.4 is 10.0 Å². The summed E-state index contributed by atoms with van der Waals surface area (Å²) in [4.78, 5) is 12.8. The largest absolute Gasteiger partial charge is 0.286 e. The van der Waals surface area contributed by atoms with Gasteiger partial charge in [0.2, 0.25) is 10.8 Å². The first-order valence-corrected chi connectivity index (χ1v) is 13.7. The third-order valence-corrected chi connectivity index (χ3v) is 8.29. The highest BCUT2D eigenvalue weighted by Crippen LogP contribution is 2.55. The molecule has 182 valence electrons. The van der Waals surface area contributed by atoms with Crippen LogP contribution in [-0.2, 0) is 4.99 Å². The lowest BCUT2D eigenvalue weighted by molar-refractivity contribution is 0.106. The Morgan fingerprint density at radius 2 is 1.38 bits per heavy atom. The smallest absolute Gasteiger partial charge is 0.234 e. The molecule has 1 spiro atoms. The third kappa shape index (κ3) is 3.99. The van der Waals surface area contributed by atoms with Crippen LogP contribution in [0.15, 0.2) is 124 Å². The number of benzene rings is 4. The highest BCUT2D eigenvalue weighted by Gasteiger charge is 2.56. The van der Waals surface area contributed by atoms with E-state index in [1.807, 2.05) is 107 Å². The molecule has 0 fully saturated rings. The number of nitrogens with zero attached hydrogens (tertiary/aromatic N) is 4. The van der Waals surface area contributed by atoms with Crippen LogP contribution in [-0.4, -0.2) is 16.5 Å². The maximum atomic E-state index is 13.7. The van der Waals surface area contributed by atoms with Crippen molar-refractivity contribution < 1.29 is 4.79 Å². The summed E-state index contributed by atoms with van der Waals surface area (Å²) in [5, 5.41) is 14.6. The summed E-state index contributed by atoms with van der Waals surface area (Å²) >= 11 is 4.99. The van der Waals surface area contributed by atoms with Gasteiger partial charge in [0.25, 0.3) is 0 Å². The van der Waals surface area contributed by atoms with Gasteiger partial charge in [-0.1, -0.05) is 95.7 Å². The zero-order valence-electron chi connectivity index (χ0n) is 20.1. The van der Waals surface area contributed by atoms with Gasteiger partial charge in [0.1, 0.15) is 0 Å². The predicted octanol–water partition coefficient (Wildman–Crippen LogP) is 7.64. The van der Waals surface area contributed by atoms with E-state index in [-0.39, 0.29) is 5.78 Å². The molecule has 0 saturated carbocycles. The van der Waals surface area contributed by atoms with E-state index >= 15 is 0 Å². The number of carbonyl (C=O) groups excluding carboxylic acids is 1. The first-order chi connectivity index (χ1) is 18.1. The molecule has 2 aliphatic heterocycles. The van der Waals surface area contributed by atoms with E-state index in [1.54, 1.807) is 0 Å². The van der Waals surface area contributed by atoms with Crippen molar-refractivity contribution in [1.82, 2.24) is 0 Å². The number of fused-ring (bicyclic) bond motifs is 2. The third-order valence-electron chi connectivity index (χ3n) is 6.45. The Bertz CT molecular complexity index is 1520. The number of halogens is 1. The minimum Gasteiger partial charge on any atom is -0.286 e. The number of Topliss-reactive ketones (excluding diaryl/α,β-unsaturated/α-hetero) is 1. The SMILES string of the molecule is CCC1=NN(c2ccccc2)[C@]2(SC(C(=O)c3ccccc3)=NN2c2ccc(Br)cc2)c2ccccc21. The summed E-state index contributed by atoms with van der Waals surface area (Å²) < 4.78 is 0.969. The molecule has 1 atom stereocenters. The van der Waals surface area contributed by atoms with Crippen molar-refractivity contribution in [3.63, 3.8) is 0 Å². The lowest BCUT2D eigenvalue weighted by atomic mass is 9.96. The van der Waals surface area contributed by atoms with E-state index in [2.05, 4.69) is 35.0 Å². The molecule has 7 heteroatoms. The lowest BCUT2D eigenvalue weighted by Gasteiger charge is -2.47.